The van der Waals surface area contributed by atoms with E-state index in [0.717, 1.165) is 31.2 Å². The first kappa shape index (κ1) is 33.8. The maximum Gasteiger partial charge on any atom is 0.416 e. The fraction of sp³-hybridized carbons (Fsp3) is 0.645. The van der Waals surface area contributed by atoms with Crippen LogP contribution in [-0.4, -0.2) is 68.8 Å². The van der Waals surface area contributed by atoms with Crippen LogP contribution in [0.5, 0.6) is 0 Å². The van der Waals surface area contributed by atoms with Gasteiger partial charge in [0.05, 0.1) is 5.56 Å². The number of benzene rings is 1. The van der Waals surface area contributed by atoms with Crippen LogP contribution in [0.3, 0.4) is 0 Å². The topological polar surface area (TPSA) is 68.4 Å². The average molecular weight is 627 g/mol. The van der Waals surface area contributed by atoms with Crippen molar-refractivity contribution in [3.05, 3.63) is 51.7 Å². The van der Waals surface area contributed by atoms with E-state index in [9.17, 15) is 26.7 Å². The lowest BCUT2D eigenvalue weighted by atomic mass is 9.73. The molecule has 2 aromatic heterocycles. The molecule has 44 heavy (non-hydrogen) atoms. The highest BCUT2D eigenvalue weighted by atomic mass is 19.4. The Morgan fingerprint density at radius 3 is 2.09 bits per heavy atom. The molecule has 8 nitrogen and oxygen atoms in total. The molecule has 2 saturated heterocycles. The number of rotatable bonds is 4. The summed E-state index contributed by atoms with van der Waals surface area (Å²) >= 11 is 0. The summed E-state index contributed by atoms with van der Waals surface area (Å²) in [6.45, 7) is 11.2. The molecule has 6 rings (SSSR count). The standard InChI is InChI=1S/C25H29F5N6O.C4H8O.C2H6/c1-14-13-35(9-10-36(14)21-19-22(33(3)15(2)31-19)34(4)23(37)32-21)20(17-11-24(26,27)12-17)16-5-7-18(8-6-16)25(28,29)30;1-2-4-5-3-1;1-2/h5-8,14,17,20H,9-13H2,1-4H3;1-4H2;1-2H3. The predicted molar refractivity (Wildman–Crippen MR) is 160 cm³/mol. The van der Waals surface area contributed by atoms with Gasteiger partial charge in [-0.3, -0.25) is 9.47 Å². The smallest absolute Gasteiger partial charge is 0.381 e. The number of piperazine rings is 1. The van der Waals surface area contributed by atoms with Crippen LogP contribution >= 0.6 is 0 Å². The molecule has 0 amide bonds. The van der Waals surface area contributed by atoms with Crippen LogP contribution in [0.25, 0.3) is 11.2 Å². The van der Waals surface area contributed by atoms with Crippen molar-refractivity contribution >= 4 is 17.0 Å². The first-order valence-corrected chi connectivity index (χ1v) is 15.3. The molecule has 3 aliphatic rings. The number of anilines is 1. The molecule has 13 heteroatoms. The molecule has 4 heterocycles. The summed E-state index contributed by atoms with van der Waals surface area (Å²) in [5.41, 5.74) is 0.698. The minimum absolute atomic E-state index is 0.142. The predicted octanol–water partition coefficient (Wildman–Crippen LogP) is 6.11. The number of fused-ring (bicyclic) bond motifs is 1. The van der Waals surface area contributed by atoms with Crippen molar-refractivity contribution in [1.29, 1.82) is 0 Å². The summed E-state index contributed by atoms with van der Waals surface area (Å²) in [6.07, 6.45) is -2.50. The molecule has 2 atom stereocenters. The van der Waals surface area contributed by atoms with E-state index >= 15 is 0 Å². The van der Waals surface area contributed by atoms with Crippen molar-refractivity contribution in [2.75, 3.05) is 37.7 Å². The number of hydrogen-bond donors (Lipinski definition) is 0. The molecule has 244 valence electrons. The zero-order valence-electron chi connectivity index (χ0n) is 26.3. The minimum atomic E-state index is -4.47. The van der Waals surface area contributed by atoms with Gasteiger partial charge in [-0.1, -0.05) is 26.0 Å². The molecule has 0 N–H and O–H groups in total. The molecule has 1 aliphatic carbocycles. The SMILES string of the molecule is C1CCOC1.CC.Cc1nc2c(N3CCN(C(c4ccc(C(F)(F)F)cc4)C4CC(F)(F)C4)CC3C)nc(=O)n(C)c2n1C. The van der Waals surface area contributed by atoms with Gasteiger partial charge in [-0.15, -0.1) is 0 Å². The quantitative estimate of drug-likeness (QED) is 0.326. The van der Waals surface area contributed by atoms with Crippen LogP contribution in [0.15, 0.2) is 29.1 Å². The van der Waals surface area contributed by atoms with E-state index in [1.807, 2.05) is 44.2 Å². The maximum atomic E-state index is 13.8. The second kappa shape index (κ2) is 13.5. The third-order valence-corrected chi connectivity index (χ3v) is 8.61. The summed E-state index contributed by atoms with van der Waals surface area (Å²) in [6, 6.07) is 4.27. The van der Waals surface area contributed by atoms with Gasteiger partial charge in [0.1, 0.15) is 17.0 Å². The summed E-state index contributed by atoms with van der Waals surface area (Å²) in [5, 5.41) is 0. The molecule has 2 aliphatic heterocycles. The van der Waals surface area contributed by atoms with Crippen LogP contribution in [0.1, 0.15) is 69.4 Å². The number of ether oxygens (including phenoxy) is 1. The van der Waals surface area contributed by atoms with Crippen molar-refractivity contribution in [3.63, 3.8) is 0 Å². The fourth-order valence-corrected chi connectivity index (χ4v) is 6.29. The number of imidazole rings is 1. The van der Waals surface area contributed by atoms with Crippen molar-refractivity contribution in [2.24, 2.45) is 20.0 Å². The second-order valence-electron chi connectivity index (χ2n) is 11.6. The number of nitrogens with zero attached hydrogens (tertiary/aromatic N) is 6. The largest absolute Gasteiger partial charge is 0.416 e. The van der Waals surface area contributed by atoms with Gasteiger partial charge in [0.2, 0.25) is 5.92 Å². The van der Waals surface area contributed by atoms with E-state index in [2.05, 4.69) is 14.9 Å². The lowest BCUT2D eigenvalue weighted by Gasteiger charge is -2.49. The molecular formula is C31H43F5N6O2. The Bertz CT molecular complexity index is 1450. The summed E-state index contributed by atoms with van der Waals surface area (Å²) < 4.78 is 75.2. The molecule has 0 bridgehead atoms. The van der Waals surface area contributed by atoms with E-state index in [1.165, 1.54) is 29.5 Å². The zero-order chi connectivity index (χ0) is 32.4. The van der Waals surface area contributed by atoms with E-state index in [1.54, 1.807) is 7.05 Å². The van der Waals surface area contributed by atoms with Gasteiger partial charge in [0.15, 0.2) is 5.82 Å². The highest BCUT2D eigenvalue weighted by molar-refractivity contribution is 5.84. The minimum Gasteiger partial charge on any atom is -0.381 e. The van der Waals surface area contributed by atoms with E-state index < -0.39 is 29.4 Å². The van der Waals surface area contributed by atoms with E-state index in [-0.39, 0.29) is 24.8 Å². The molecular weight excluding hydrogens is 583 g/mol. The van der Waals surface area contributed by atoms with Gasteiger partial charge in [-0.25, -0.2) is 18.6 Å². The highest BCUT2D eigenvalue weighted by Gasteiger charge is 2.50. The molecule has 1 saturated carbocycles. The van der Waals surface area contributed by atoms with Gasteiger partial charge >= 0.3 is 11.9 Å². The zero-order valence-corrected chi connectivity index (χ0v) is 26.3. The van der Waals surface area contributed by atoms with E-state index in [0.29, 0.717) is 42.2 Å². The van der Waals surface area contributed by atoms with Crippen LogP contribution in [0.4, 0.5) is 27.8 Å². The molecule has 1 aromatic carbocycles. The second-order valence-corrected chi connectivity index (χ2v) is 11.6. The molecule has 3 fully saturated rings. The first-order chi connectivity index (χ1) is 20.8. The average Bonchev–Trinajstić information content (AvgIpc) is 3.64. The van der Waals surface area contributed by atoms with Gasteiger partial charge in [0, 0.05) is 71.9 Å². The number of aromatic nitrogens is 4. The number of alkyl halides is 5. The Balaban J connectivity index is 0.000000565. The Kier molecular flexibility index (Phi) is 10.4. The molecule has 0 spiro atoms. The lowest BCUT2D eigenvalue weighted by Crippen LogP contribution is -2.56. The van der Waals surface area contributed by atoms with Gasteiger partial charge in [-0.2, -0.15) is 18.2 Å². The molecule has 2 unspecified atom stereocenters. The highest BCUT2D eigenvalue weighted by Crippen LogP contribution is 2.51. The lowest BCUT2D eigenvalue weighted by molar-refractivity contribution is -0.137. The van der Waals surface area contributed by atoms with Crippen molar-refractivity contribution < 1.29 is 26.7 Å². The van der Waals surface area contributed by atoms with Crippen molar-refractivity contribution in [3.8, 4) is 0 Å². The third kappa shape index (κ3) is 7.09. The van der Waals surface area contributed by atoms with Crippen LogP contribution < -0.4 is 10.6 Å². The number of hydrogen-bond acceptors (Lipinski definition) is 6. The normalized spacial score (nSPS) is 21.2. The fourth-order valence-electron chi connectivity index (χ4n) is 6.29. The van der Waals surface area contributed by atoms with Crippen LogP contribution in [0, 0.1) is 12.8 Å². The summed E-state index contributed by atoms with van der Waals surface area (Å²) in [7, 11) is 3.48. The number of aryl methyl sites for hydroxylation is 3. The van der Waals surface area contributed by atoms with Gasteiger partial charge in [-0.05, 0) is 50.3 Å². The Hall–Kier alpha value is -3.06. The maximum absolute atomic E-state index is 13.8. The van der Waals surface area contributed by atoms with Crippen LogP contribution in [0.2, 0.25) is 0 Å². The van der Waals surface area contributed by atoms with Crippen LogP contribution in [-0.2, 0) is 25.0 Å². The number of halogens is 5. The van der Waals surface area contributed by atoms with Crippen molar-refractivity contribution in [1.82, 2.24) is 24.0 Å². The molecule has 3 aromatic rings. The van der Waals surface area contributed by atoms with Crippen molar-refractivity contribution in [2.45, 2.75) is 77.6 Å². The summed E-state index contributed by atoms with van der Waals surface area (Å²) in [5.74, 6) is -1.90. The van der Waals surface area contributed by atoms with Gasteiger partial charge < -0.3 is 14.2 Å². The third-order valence-electron chi connectivity index (χ3n) is 8.61. The Morgan fingerprint density at radius 2 is 1.59 bits per heavy atom. The molecule has 0 radical (unpaired) electrons. The Labute approximate surface area is 254 Å². The first-order valence-electron chi connectivity index (χ1n) is 15.3. The Morgan fingerprint density at radius 1 is 0.977 bits per heavy atom. The van der Waals surface area contributed by atoms with E-state index in [4.69, 9.17) is 4.74 Å². The van der Waals surface area contributed by atoms with Gasteiger partial charge in [0.25, 0.3) is 0 Å². The summed E-state index contributed by atoms with van der Waals surface area (Å²) in [4.78, 5) is 25.7. The monoisotopic (exact) mass is 626 g/mol.